The summed E-state index contributed by atoms with van der Waals surface area (Å²) >= 11 is 5.80. The number of aromatic nitrogens is 2. The second-order valence-corrected chi connectivity index (χ2v) is 9.15. The summed E-state index contributed by atoms with van der Waals surface area (Å²) in [6, 6.07) is 28.0. The number of carbonyl (C=O) groups is 1. The second-order valence-electron chi connectivity index (χ2n) is 8.77. The molecule has 2 N–H and O–H groups in total. The maximum atomic E-state index is 13.0. The largest absolute Gasteiger partial charge is 0.352 e. The van der Waals surface area contributed by atoms with Gasteiger partial charge in [-0.2, -0.15) is 0 Å². The van der Waals surface area contributed by atoms with Crippen molar-refractivity contribution in [3.05, 3.63) is 114 Å². The minimum absolute atomic E-state index is 0.0304. The number of carbonyl (C=O) groups excluding carboxylic acids is 1. The molecule has 182 valence electrons. The van der Waals surface area contributed by atoms with E-state index in [1.807, 2.05) is 66.7 Å². The monoisotopic (exact) mass is 495 g/mol. The topological polar surface area (TPSA) is 62.2 Å². The first kappa shape index (κ1) is 23.8. The van der Waals surface area contributed by atoms with Crippen LogP contribution in [0.3, 0.4) is 0 Å². The Morgan fingerprint density at radius 2 is 1.78 bits per heavy atom. The Morgan fingerprint density at radius 1 is 1.00 bits per heavy atom. The molecule has 6 nitrogen and oxygen atoms in total. The van der Waals surface area contributed by atoms with Gasteiger partial charge in [0.2, 0.25) is 5.91 Å². The van der Waals surface area contributed by atoms with Crippen LogP contribution in [-0.4, -0.2) is 32.0 Å². The Balaban J connectivity index is 1.43. The summed E-state index contributed by atoms with van der Waals surface area (Å²) in [5.74, 6) is -0.0304. The number of hydrogen-bond acceptors (Lipinski definition) is 3. The molecule has 7 heteroatoms. The van der Waals surface area contributed by atoms with Gasteiger partial charge in [-0.25, -0.2) is 0 Å². The zero-order valence-corrected chi connectivity index (χ0v) is 21.0. The number of aryl methyl sites for hydroxylation is 1. The van der Waals surface area contributed by atoms with Gasteiger partial charge < -0.3 is 20.1 Å². The third kappa shape index (κ3) is 4.88. The Labute approximate surface area is 217 Å². The third-order valence-electron chi connectivity index (χ3n) is 6.57. The molecule has 36 heavy (non-hydrogen) atoms. The lowest BCUT2D eigenvalue weighted by atomic mass is 10.0. The molecule has 0 unspecified atom stereocenters. The summed E-state index contributed by atoms with van der Waals surface area (Å²) in [5, 5.41) is 7.19. The summed E-state index contributed by atoms with van der Waals surface area (Å²) in [6.45, 7) is 2.57. The number of nitrogens with one attached hydrogen (secondary N) is 2. The highest BCUT2D eigenvalue weighted by molar-refractivity contribution is 7.80. The van der Waals surface area contributed by atoms with Crippen molar-refractivity contribution >= 4 is 28.9 Å². The van der Waals surface area contributed by atoms with E-state index in [-0.39, 0.29) is 18.0 Å². The zero-order valence-electron chi connectivity index (χ0n) is 20.2. The van der Waals surface area contributed by atoms with E-state index in [4.69, 9.17) is 12.2 Å². The lowest BCUT2D eigenvalue weighted by Crippen LogP contribution is -2.33. The maximum Gasteiger partial charge on any atom is 0.226 e. The molecule has 1 aliphatic rings. The maximum absolute atomic E-state index is 13.0. The standard InChI is InChI=1S/C29H29N5OS/c1-2-21-11-6-7-14-23(21)31-26(35)17-20-34-28(27(32-29(34)36)24-15-8-9-18-30-24)25-16-10-19-33(25)22-12-4-3-5-13-22/h3-16,18-19,27-28H,2,17,20H2,1H3,(H,31,35)(H,32,36)/t27-,28-/m1/s1. The van der Waals surface area contributed by atoms with Crippen LogP contribution in [0.2, 0.25) is 0 Å². The molecule has 3 heterocycles. The average molecular weight is 496 g/mol. The van der Waals surface area contributed by atoms with E-state index in [2.05, 4.69) is 56.4 Å². The molecule has 2 atom stereocenters. The van der Waals surface area contributed by atoms with Crippen LogP contribution in [0.5, 0.6) is 0 Å². The van der Waals surface area contributed by atoms with Crippen molar-refractivity contribution in [2.75, 3.05) is 11.9 Å². The van der Waals surface area contributed by atoms with Gasteiger partial charge in [-0.15, -0.1) is 0 Å². The zero-order chi connectivity index (χ0) is 24.9. The molecular formula is C29H29N5OS. The highest BCUT2D eigenvalue weighted by atomic mass is 32.1. The molecule has 1 amide bonds. The number of nitrogens with zero attached hydrogens (tertiary/aromatic N) is 3. The summed E-state index contributed by atoms with van der Waals surface area (Å²) in [6.07, 6.45) is 5.04. The molecule has 0 spiro atoms. The van der Waals surface area contributed by atoms with Crippen molar-refractivity contribution in [3.8, 4) is 5.69 Å². The van der Waals surface area contributed by atoms with Crippen LogP contribution in [0, 0.1) is 0 Å². The van der Waals surface area contributed by atoms with Gasteiger partial charge in [-0.1, -0.05) is 49.4 Å². The predicted octanol–water partition coefficient (Wildman–Crippen LogP) is 5.44. The van der Waals surface area contributed by atoms with Gasteiger partial charge >= 0.3 is 0 Å². The van der Waals surface area contributed by atoms with Gasteiger partial charge in [0.15, 0.2) is 5.11 Å². The van der Waals surface area contributed by atoms with E-state index in [1.165, 1.54) is 0 Å². The van der Waals surface area contributed by atoms with Crippen molar-refractivity contribution in [1.82, 2.24) is 19.8 Å². The smallest absolute Gasteiger partial charge is 0.226 e. The molecule has 0 bridgehead atoms. The van der Waals surface area contributed by atoms with Crippen LogP contribution in [0.25, 0.3) is 5.69 Å². The SMILES string of the molecule is CCc1ccccc1NC(=O)CCN1C(=S)N[C@H](c2ccccn2)[C@H]1c1cccn1-c1ccccc1. The number of hydrogen-bond donors (Lipinski definition) is 2. The number of benzene rings is 2. The third-order valence-corrected chi connectivity index (χ3v) is 6.92. The molecule has 1 aliphatic heterocycles. The summed E-state index contributed by atoms with van der Waals surface area (Å²) < 4.78 is 2.18. The Hall–Kier alpha value is -3.97. The van der Waals surface area contributed by atoms with E-state index < -0.39 is 0 Å². The van der Waals surface area contributed by atoms with Gasteiger partial charge in [0, 0.05) is 42.4 Å². The van der Waals surface area contributed by atoms with E-state index in [0.29, 0.717) is 18.1 Å². The predicted molar refractivity (Wildman–Crippen MR) is 147 cm³/mol. The summed E-state index contributed by atoms with van der Waals surface area (Å²) in [7, 11) is 0. The van der Waals surface area contributed by atoms with Crippen LogP contribution in [0.1, 0.15) is 42.4 Å². The van der Waals surface area contributed by atoms with Crippen LogP contribution < -0.4 is 10.6 Å². The highest BCUT2D eigenvalue weighted by Crippen LogP contribution is 2.39. The van der Waals surface area contributed by atoms with Gasteiger partial charge in [0.25, 0.3) is 0 Å². The molecule has 4 aromatic rings. The molecule has 2 aromatic heterocycles. The molecule has 1 fully saturated rings. The van der Waals surface area contributed by atoms with Crippen molar-refractivity contribution < 1.29 is 4.79 Å². The summed E-state index contributed by atoms with van der Waals surface area (Å²) in [5.41, 5.74) is 5.06. The lowest BCUT2D eigenvalue weighted by Gasteiger charge is -2.29. The van der Waals surface area contributed by atoms with E-state index in [9.17, 15) is 4.79 Å². The van der Waals surface area contributed by atoms with Gasteiger partial charge in [0.1, 0.15) is 0 Å². The fraction of sp³-hybridized carbons (Fsp3) is 0.207. The molecule has 0 aliphatic carbocycles. The van der Waals surface area contributed by atoms with E-state index in [0.717, 1.165) is 34.7 Å². The van der Waals surface area contributed by atoms with Crippen LogP contribution >= 0.6 is 12.2 Å². The minimum Gasteiger partial charge on any atom is -0.352 e. The second kappa shape index (κ2) is 10.7. The van der Waals surface area contributed by atoms with Crippen LogP contribution in [0.4, 0.5) is 5.69 Å². The van der Waals surface area contributed by atoms with Crippen molar-refractivity contribution in [3.63, 3.8) is 0 Å². The first-order valence-electron chi connectivity index (χ1n) is 12.2. The number of para-hydroxylation sites is 2. The minimum atomic E-state index is -0.139. The van der Waals surface area contributed by atoms with Gasteiger partial charge in [0.05, 0.1) is 17.8 Å². The molecular weight excluding hydrogens is 466 g/mol. The average Bonchev–Trinajstić information content (AvgIpc) is 3.53. The first-order valence-corrected chi connectivity index (χ1v) is 12.6. The Bertz CT molecular complexity index is 1340. The first-order chi connectivity index (χ1) is 17.7. The van der Waals surface area contributed by atoms with Crippen molar-refractivity contribution in [2.45, 2.75) is 31.8 Å². The highest BCUT2D eigenvalue weighted by Gasteiger charge is 2.41. The van der Waals surface area contributed by atoms with Gasteiger partial charge in [-0.05, 0) is 66.7 Å². The number of amides is 1. The quantitative estimate of drug-likeness (QED) is 0.319. The van der Waals surface area contributed by atoms with E-state index >= 15 is 0 Å². The van der Waals surface area contributed by atoms with Gasteiger partial charge in [-0.3, -0.25) is 9.78 Å². The van der Waals surface area contributed by atoms with Crippen molar-refractivity contribution in [2.24, 2.45) is 0 Å². The van der Waals surface area contributed by atoms with Crippen LogP contribution in [-0.2, 0) is 11.2 Å². The number of rotatable bonds is 8. The normalized spacial score (nSPS) is 17.1. The fourth-order valence-corrected chi connectivity index (χ4v) is 5.14. The molecule has 0 saturated carbocycles. The summed E-state index contributed by atoms with van der Waals surface area (Å²) in [4.78, 5) is 19.7. The van der Waals surface area contributed by atoms with Crippen LogP contribution in [0.15, 0.2) is 97.3 Å². The lowest BCUT2D eigenvalue weighted by molar-refractivity contribution is -0.116. The molecule has 1 saturated heterocycles. The molecule has 2 aromatic carbocycles. The number of thiocarbonyl (C=S) groups is 1. The van der Waals surface area contributed by atoms with E-state index in [1.54, 1.807) is 6.20 Å². The van der Waals surface area contributed by atoms with Crippen molar-refractivity contribution in [1.29, 1.82) is 0 Å². The molecule has 5 rings (SSSR count). The Kier molecular flexibility index (Phi) is 7.09. The Morgan fingerprint density at radius 3 is 2.56 bits per heavy atom. The number of anilines is 1. The number of pyridine rings is 1. The fourth-order valence-electron chi connectivity index (χ4n) is 4.81. The molecule has 0 radical (unpaired) electrons.